The van der Waals surface area contributed by atoms with Crippen LogP contribution in [0.2, 0.25) is 0 Å². The Hall–Kier alpha value is -1.02. The molecule has 1 aliphatic heterocycles. The van der Waals surface area contributed by atoms with Crippen LogP contribution in [0.3, 0.4) is 0 Å². The summed E-state index contributed by atoms with van der Waals surface area (Å²) >= 11 is 0. The predicted octanol–water partition coefficient (Wildman–Crippen LogP) is 1.51. The van der Waals surface area contributed by atoms with Gasteiger partial charge in [-0.25, -0.2) is 0 Å². The van der Waals surface area contributed by atoms with Crippen molar-refractivity contribution in [2.75, 3.05) is 6.61 Å². The second-order valence-electron chi connectivity index (χ2n) is 3.67. The minimum Gasteiger partial charge on any atom is -0.493 e. The maximum atomic E-state index is 5.78. The Bertz CT molecular complexity index is 307. The van der Waals surface area contributed by atoms with E-state index in [9.17, 15) is 0 Å². The van der Waals surface area contributed by atoms with Crippen LogP contribution in [0.4, 0.5) is 0 Å². The molecule has 1 aromatic carbocycles. The van der Waals surface area contributed by atoms with Crippen LogP contribution in [0.15, 0.2) is 18.2 Å². The van der Waals surface area contributed by atoms with Crippen LogP contribution in [0.5, 0.6) is 5.75 Å². The van der Waals surface area contributed by atoms with Crippen molar-refractivity contribution in [3.05, 3.63) is 29.3 Å². The third-order valence-electron chi connectivity index (χ3n) is 2.38. The van der Waals surface area contributed by atoms with Gasteiger partial charge in [-0.15, -0.1) is 0 Å². The molecule has 13 heavy (non-hydrogen) atoms. The summed E-state index contributed by atoms with van der Waals surface area (Å²) in [6.07, 6.45) is 1.99. The fourth-order valence-corrected chi connectivity index (χ4v) is 1.83. The maximum absolute atomic E-state index is 5.78. The molecule has 70 valence electrons. The van der Waals surface area contributed by atoms with E-state index in [1.807, 2.05) is 19.1 Å². The van der Waals surface area contributed by atoms with E-state index >= 15 is 0 Å². The molecular formula is C11H15NO. The summed E-state index contributed by atoms with van der Waals surface area (Å²) < 4.78 is 5.48. The van der Waals surface area contributed by atoms with Gasteiger partial charge in [-0.2, -0.15) is 0 Å². The average Bonchev–Trinajstić information content (AvgIpc) is 2.51. The lowest BCUT2D eigenvalue weighted by molar-refractivity contribution is 0.357. The van der Waals surface area contributed by atoms with Crippen LogP contribution in [0, 0.1) is 0 Å². The number of fused-ring (bicyclic) bond motifs is 1. The second kappa shape index (κ2) is 3.38. The van der Waals surface area contributed by atoms with E-state index in [1.165, 1.54) is 11.1 Å². The molecule has 2 rings (SSSR count). The molecule has 0 unspecified atom stereocenters. The summed E-state index contributed by atoms with van der Waals surface area (Å²) in [7, 11) is 0. The van der Waals surface area contributed by atoms with Crippen LogP contribution >= 0.6 is 0 Å². The first kappa shape index (κ1) is 8.57. The van der Waals surface area contributed by atoms with Gasteiger partial charge in [0.1, 0.15) is 5.75 Å². The van der Waals surface area contributed by atoms with Gasteiger partial charge in [-0.3, -0.25) is 0 Å². The highest BCUT2D eigenvalue weighted by Gasteiger charge is 2.15. The number of hydrogen-bond acceptors (Lipinski definition) is 2. The monoisotopic (exact) mass is 177 g/mol. The smallest absolute Gasteiger partial charge is 0.122 e. The SMILES string of the molecule is C[C@H](N)Cc1cccc2c1CCO2. The summed E-state index contributed by atoms with van der Waals surface area (Å²) in [4.78, 5) is 0. The summed E-state index contributed by atoms with van der Waals surface area (Å²) in [6.45, 7) is 2.86. The third-order valence-corrected chi connectivity index (χ3v) is 2.38. The van der Waals surface area contributed by atoms with Crippen molar-refractivity contribution in [3.63, 3.8) is 0 Å². The molecule has 2 N–H and O–H groups in total. The van der Waals surface area contributed by atoms with Gasteiger partial charge in [0, 0.05) is 18.0 Å². The van der Waals surface area contributed by atoms with Crippen molar-refractivity contribution in [1.29, 1.82) is 0 Å². The molecule has 0 bridgehead atoms. The van der Waals surface area contributed by atoms with Gasteiger partial charge in [0.05, 0.1) is 6.61 Å². The van der Waals surface area contributed by atoms with Crippen LogP contribution in [0.25, 0.3) is 0 Å². The van der Waals surface area contributed by atoms with Crippen molar-refractivity contribution in [2.24, 2.45) is 5.73 Å². The predicted molar refractivity (Wildman–Crippen MR) is 53.0 cm³/mol. The Morgan fingerprint density at radius 3 is 3.15 bits per heavy atom. The number of ether oxygens (including phenoxy) is 1. The number of hydrogen-bond donors (Lipinski definition) is 1. The van der Waals surface area contributed by atoms with Gasteiger partial charge in [0.25, 0.3) is 0 Å². The van der Waals surface area contributed by atoms with E-state index < -0.39 is 0 Å². The van der Waals surface area contributed by atoms with Crippen LogP contribution in [-0.4, -0.2) is 12.6 Å². The maximum Gasteiger partial charge on any atom is 0.122 e. The molecule has 0 aliphatic carbocycles. The van der Waals surface area contributed by atoms with Crippen LogP contribution in [-0.2, 0) is 12.8 Å². The summed E-state index contributed by atoms with van der Waals surface area (Å²) in [6, 6.07) is 6.46. The fraction of sp³-hybridized carbons (Fsp3) is 0.455. The zero-order valence-corrected chi connectivity index (χ0v) is 7.92. The molecule has 0 radical (unpaired) electrons. The molecule has 1 heterocycles. The fourth-order valence-electron chi connectivity index (χ4n) is 1.83. The van der Waals surface area contributed by atoms with Crippen molar-refractivity contribution in [3.8, 4) is 5.75 Å². The summed E-state index contributed by atoms with van der Waals surface area (Å²) in [5.41, 5.74) is 8.49. The van der Waals surface area contributed by atoms with E-state index in [4.69, 9.17) is 10.5 Å². The normalized spacial score (nSPS) is 16.5. The minimum absolute atomic E-state index is 0.229. The van der Waals surface area contributed by atoms with Gasteiger partial charge in [0.2, 0.25) is 0 Å². The largest absolute Gasteiger partial charge is 0.493 e. The van der Waals surface area contributed by atoms with Gasteiger partial charge in [0.15, 0.2) is 0 Å². The Labute approximate surface area is 78.7 Å². The molecule has 1 atom stereocenters. The highest BCUT2D eigenvalue weighted by molar-refractivity contribution is 5.43. The lowest BCUT2D eigenvalue weighted by Crippen LogP contribution is -2.18. The van der Waals surface area contributed by atoms with Crippen molar-refractivity contribution in [2.45, 2.75) is 25.8 Å². The molecule has 2 heteroatoms. The molecule has 0 aromatic heterocycles. The molecule has 0 fully saturated rings. The molecule has 2 nitrogen and oxygen atoms in total. The van der Waals surface area contributed by atoms with Crippen molar-refractivity contribution in [1.82, 2.24) is 0 Å². The number of nitrogens with two attached hydrogens (primary N) is 1. The standard InChI is InChI=1S/C11H15NO/c1-8(12)7-9-3-2-4-11-10(9)5-6-13-11/h2-4,8H,5-7,12H2,1H3/t8-/m0/s1. The Morgan fingerprint density at radius 2 is 2.38 bits per heavy atom. The van der Waals surface area contributed by atoms with E-state index in [-0.39, 0.29) is 6.04 Å². The molecule has 0 spiro atoms. The molecule has 1 aliphatic rings. The molecule has 0 saturated heterocycles. The second-order valence-corrected chi connectivity index (χ2v) is 3.67. The Balaban J connectivity index is 2.30. The van der Waals surface area contributed by atoms with Crippen molar-refractivity contribution < 1.29 is 4.74 Å². The first-order valence-electron chi connectivity index (χ1n) is 4.76. The number of rotatable bonds is 2. The van der Waals surface area contributed by atoms with Gasteiger partial charge in [-0.05, 0) is 25.0 Å². The highest BCUT2D eigenvalue weighted by atomic mass is 16.5. The molecule has 1 aromatic rings. The Morgan fingerprint density at radius 1 is 1.54 bits per heavy atom. The lowest BCUT2D eigenvalue weighted by atomic mass is 10.00. The van der Waals surface area contributed by atoms with E-state index in [0.29, 0.717) is 0 Å². The van der Waals surface area contributed by atoms with Gasteiger partial charge >= 0.3 is 0 Å². The summed E-state index contributed by atoms with van der Waals surface area (Å²) in [5, 5.41) is 0. The zero-order valence-electron chi connectivity index (χ0n) is 7.92. The van der Waals surface area contributed by atoms with Crippen molar-refractivity contribution >= 4 is 0 Å². The number of benzene rings is 1. The quantitative estimate of drug-likeness (QED) is 0.743. The first-order valence-corrected chi connectivity index (χ1v) is 4.76. The van der Waals surface area contributed by atoms with E-state index in [0.717, 1.165) is 25.2 Å². The van der Waals surface area contributed by atoms with Gasteiger partial charge in [-0.1, -0.05) is 12.1 Å². The third kappa shape index (κ3) is 1.68. The highest BCUT2D eigenvalue weighted by Crippen LogP contribution is 2.28. The average molecular weight is 177 g/mol. The first-order chi connectivity index (χ1) is 6.27. The Kier molecular flexibility index (Phi) is 2.23. The van der Waals surface area contributed by atoms with Crippen LogP contribution in [0.1, 0.15) is 18.1 Å². The van der Waals surface area contributed by atoms with E-state index in [2.05, 4.69) is 6.07 Å². The summed E-state index contributed by atoms with van der Waals surface area (Å²) in [5.74, 6) is 1.05. The zero-order chi connectivity index (χ0) is 9.26. The minimum atomic E-state index is 0.229. The van der Waals surface area contributed by atoms with Gasteiger partial charge < -0.3 is 10.5 Å². The lowest BCUT2D eigenvalue weighted by Gasteiger charge is -2.08. The topological polar surface area (TPSA) is 35.2 Å². The molecule has 0 saturated carbocycles. The molecule has 0 amide bonds. The molecular weight excluding hydrogens is 162 g/mol. The van der Waals surface area contributed by atoms with E-state index in [1.54, 1.807) is 0 Å². The van der Waals surface area contributed by atoms with Crippen LogP contribution < -0.4 is 10.5 Å².